The lowest BCUT2D eigenvalue weighted by Crippen LogP contribution is -2.53. The van der Waals surface area contributed by atoms with Gasteiger partial charge < -0.3 is 19.7 Å². The van der Waals surface area contributed by atoms with Crippen LogP contribution in [0.5, 0.6) is 11.5 Å². The standard InChI is InChI=1S/C22H27N3O2S/c1-26-20-13-18(14-21(15-20)27-2)23-22(28)25-9-7-24(8-10-25)19-11-16-5-3-4-6-17(16)12-19/h3-6,13-15,19H,7-12H2,1-2H3,(H,23,28). The summed E-state index contributed by atoms with van der Waals surface area (Å²) in [4.78, 5) is 4.87. The van der Waals surface area contributed by atoms with Gasteiger partial charge in [0, 0.05) is 56.1 Å². The van der Waals surface area contributed by atoms with E-state index in [-0.39, 0.29) is 0 Å². The average Bonchev–Trinajstić information content (AvgIpc) is 3.17. The summed E-state index contributed by atoms with van der Waals surface area (Å²) in [6.07, 6.45) is 2.34. The van der Waals surface area contributed by atoms with Gasteiger partial charge in [-0.15, -0.1) is 0 Å². The molecule has 2 aromatic carbocycles. The van der Waals surface area contributed by atoms with Crippen LogP contribution in [0.25, 0.3) is 0 Å². The molecule has 0 unspecified atom stereocenters. The summed E-state index contributed by atoms with van der Waals surface area (Å²) in [6.45, 7) is 3.98. The van der Waals surface area contributed by atoms with E-state index in [4.69, 9.17) is 21.7 Å². The quantitative estimate of drug-likeness (QED) is 0.799. The highest BCUT2D eigenvalue weighted by atomic mass is 32.1. The number of methoxy groups -OCH3 is 2. The molecule has 1 fully saturated rings. The van der Waals surface area contributed by atoms with Gasteiger partial charge in [-0.1, -0.05) is 24.3 Å². The molecule has 0 amide bonds. The van der Waals surface area contributed by atoms with E-state index in [1.807, 2.05) is 18.2 Å². The molecular weight excluding hydrogens is 370 g/mol. The number of nitrogens with zero attached hydrogens (tertiary/aromatic N) is 2. The molecule has 6 heteroatoms. The van der Waals surface area contributed by atoms with E-state index in [0.717, 1.165) is 48.5 Å². The number of ether oxygens (including phenoxy) is 2. The fraction of sp³-hybridized carbons (Fsp3) is 0.409. The Kier molecular flexibility index (Phi) is 5.69. The van der Waals surface area contributed by atoms with E-state index in [1.165, 1.54) is 24.0 Å². The molecule has 0 radical (unpaired) electrons. The number of piperazine rings is 1. The second-order valence-corrected chi connectivity index (χ2v) is 7.77. The molecule has 2 aromatic rings. The second-order valence-electron chi connectivity index (χ2n) is 7.39. The Morgan fingerprint density at radius 3 is 2.04 bits per heavy atom. The highest BCUT2D eigenvalue weighted by Crippen LogP contribution is 2.27. The van der Waals surface area contributed by atoms with Gasteiger partial charge in [0.25, 0.3) is 0 Å². The fourth-order valence-corrected chi connectivity index (χ4v) is 4.47. The van der Waals surface area contributed by atoms with Crippen LogP contribution >= 0.6 is 12.2 Å². The predicted molar refractivity (Wildman–Crippen MR) is 117 cm³/mol. The van der Waals surface area contributed by atoms with Gasteiger partial charge in [0.15, 0.2) is 5.11 Å². The maximum Gasteiger partial charge on any atom is 0.173 e. The van der Waals surface area contributed by atoms with Crippen LogP contribution in [0.15, 0.2) is 42.5 Å². The Bertz CT molecular complexity index is 802. The first-order valence-electron chi connectivity index (χ1n) is 9.76. The lowest BCUT2D eigenvalue weighted by molar-refractivity contribution is 0.137. The summed E-state index contributed by atoms with van der Waals surface area (Å²) < 4.78 is 10.7. The monoisotopic (exact) mass is 397 g/mol. The zero-order chi connectivity index (χ0) is 19.5. The highest BCUT2D eigenvalue weighted by molar-refractivity contribution is 7.80. The van der Waals surface area contributed by atoms with Gasteiger partial charge in [-0.25, -0.2) is 0 Å². The maximum absolute atomic E-state index is 5.66. The van der Waals surface area contributed by atoms with Crippen molar-refractivity contribution in [2.75, 3.05) is 45.7 Å². The van der Waals surface area contributed by atoms with Crippen molar-refractivity contribution in [2.24, 2.45) is 0 Å². The van der Waals surface area contributed by atoms with Crippen LogP contribution < -0.4 is 14.8 Å². The van der Waals surface area contributed by atoms with Crippen LogP contribution in [-0.2, 0) is 12.8 Å². The van der Waals surface area contributed by atoms with Gasteiger partial charge in [-0.2, -0.15) is 0 Å². The summed E-state index contributed by atoms with van der Waals surface area (Å²) >= 11 is 5.66. The third kappa shape index (κ3) is 4.08. The van der Waals surface area contributed by atoms with Gasteiger partial charge in [0.1, 0.15) is 11.5 Å². The molecule has 4 rings (SSSR count). The average molecular weight is 398 g/mol. The fourth-order valence-electron chi connectivity index (χ4n) is 4.17. The molecule has 1 saturated heterocycles. The topological polar surface area (TPSA) is 37.0 Å². The van der Waals surface area contributed by atoms with Crippen molar-refractivity contribution >= 4 is 23.0 Å². The number of anilines is 1. The number of rotatable bonds is 4. The number of hydrogen-bond donors (Lipinski definition) is 1. The molecule has 0 bridgehead atoms. The largest absolute Gasteiger partial charge is 0.497 e. The molecule has 1 heterocycles. The normalized spacial score (nSPS) is 17.3. The van der Waals surface area contributed by atoms with E-state index in [0.29, 0.717) is 6.04 Å². The molecule has 5 nitrogen and oxygen atoms in total. The molecule has 148 valence electrons. The number of hydrogen-bond acceptors (Lipinski definition) is 4. The lowest BCUT2D eigenvalue weighted by Gasteiger charge is -2.39. The first-order chi connectivity index (χ1) is 13.7. The summed E-state index contributed by atoms with van der Waals surface area (Å²) in [5.41, 5.74) is 3.91. The highest BCUT2D eigenvalue weighted by Gasteiger charge is 2.29. The van der Waals surface area contributed by atoms with Crippen LogP contribution in [-0.4, -0.2) is 61.4 Å². The molecule has 0 spiro atoms. The van der Waals surface area contributed by atoms with Gasteiger partial charge in [0.05, 0.1) is 14.2 Å². The Morgan fingerprint density at radius 1 is 0.929 bits per heavy atom. The smallest absolute Gasteiger partial charge is 0.173 e. The minimum Gasteiger partial charge on any atom is -0.497 e. The number of benzene rings is 2. The Balaban J connectivity index is 1.32. The first-order valence-corrected chi connectivity index (χ1v) is 10.2. The Hall–Kier alpha value is -2.31. The summed E-state index contributed by atoms with van der Waals surface area (Å²) in [5.74, 6) is 1.49. The van der Waals surface area contributed by atoms with Crippen LogP contribution in [0.1, 0.15) is 11.1 Å². The lowest BCUT2D eigenvalue weighted by atomic mass is 10.1. The Morgan fingerprint density at radius 2 is 1.50 bits per heavy atom. The number of nitrogens with one attached hydrogen (secondary N) is 1. The van der Waals surface area contributed by atoms with Gasteiger partial charge >= 0.3 is 0 Å². The third-order valence-electron chi connectivity index (χ3n) is 5.75. The second kappa shape index (κ2) is 8.37. The van der Waals surface area contributed by atoms with Crippen molar-refractivity contribution in [2.45, 2.75) is 18.9 Å². The summed E-state index contributed by atoms with van der Waals surface area (Å²) in [6, 6.07) is 15.2. The van der Waals surface area contributed by atoms with Crippen molar-refractivity contribution in [1.29, 1.82) is 0 Å². The SMILES string of the molecule is COc1cc(NC(=S)N2CCN(C3Cc4ccccc4C3)CC2)cc(OC)c1. The van der Waals surface area contributed by atoms with E-state index in [2.05, 4.69) is 39.4 Å². The van der Waals surface area contributed by atoms with Gasteiger partial charge in [0.2, 0.25) is 0 Å². The zero-order valence-electron chi connectivity index (χ0n) is 16.5. The molecule has 0 atom stereocenters. The van der Waals surface area contributed by atoms with E-state index in [1.54, 1.807) is 14.2 Å². The van der Waals surface area contributed by atoms with Gasteiger partial charge in [-0.05, 0) is 36.2 Å². The van der Waals surface area contributed by atoms with Crippen LogP contribution in [0.4, 0.5) is 5.69 Å². The van der Waals surface area contributed by atoms with Gasteiger partial charge in [-0.3, -0.25) is 4.90 Å². The van der Waals surface area contributed by atoms with Crippen LogP contribution in [0.3, 0.4) is 0 Å². The van der Waals surface area contributed by atoms with Crippen molar-refractivity contribution in [3.63, 3.8) is 0 Å². The van der Waals surface area contributed by atoms with Crippen molar-refractivity contribution < 1.29 is 9.47 Å². The molecule has 1 aliphatic heterocycles. The maximum atomic E-state index is 5.66. The molecule has 0 saturated carbocycles. The zero-order valence-corrected chi connectivity index (χ0v) is 17.3. The number of fused-ring (bicyclic) bond motifs is 1. The Labute approximate surface area is 172 Å². The van der Waals surface area contributed by atoms with Crippen LogP contribution in [0.2, 0.25) is 0 Å². The minimum absolute atomic E-state index is 0.628. The number of thiocarbonyl (C=S) groups is 1. The summed E-state index contributed by atoms with van der Waals surface area (Å²) in [5, 5.41) is 4.09. The van der Waals surface area contributed by atoms with E-state index in [9.17, 15) is 0 Å². The van der Waals surface area contributed by atoms with Crippen molar-refractivity contribution in [3.05, 3.63) is 53.6 Å². The van der Waals surface area contributed by atoms with Crippen LogP contribution in [0, 0.1) is 0 Å². The first kappa shape index (κ1) is 19.0. The molecule has 2 aliphatic rings. The van der Waals surface area contributed by atoms with E-state index < -0.39 is 0 Å². The van der Waals surface area contributed by atoms with Crippen molar-refractivity contribution in [3.8, 4) is 11.5 Å². The summed E-state index contributed by atoms with van der Waals surface area (Å²) in [7, 11) is 3.30. The third-order valence-corrected chi connectivity index (χ3v) is 6.11. The molecule has 28 heavy (non-hydrogen) atoms. The van der Waals surface area contributed by atoms with E-state index >= 15 is 0 Å². The van der Waals surface area contributed by atoms with Crippen molar-refractivity contribution in [1.82, 2.24) is 9.80 Å². The molecular formula is C22H27N3O2S. The molecule has 1 N–H and O–H groups in total. The predicted octanol–water partition coefficient (Wildman–Crippen LogP) is 3.19. The minimum atomic E-state index is 0.628. The molecule has 1 aliphatic carbocycles. The molecule has 0 aromatic heterocycles.